The van der Waals surface area contributed by atoms with E-state index in [4.69, 9.17) is 16.3 Å². The number of benzene rings is 1. The zero-order chi connectivity index (χ0) is 15.8. The van der Waals surface area contributed by atoms with E-state index in [1.165, 1.54) is 0 Å². The minimum atomic E-state index is -0.647. The molecule has 0 spiro atoms. The van der Waals surface area contributed by atoms with Gasteiger partial charge in [-0.1, -0.05) is 43.6 Å². The molecule has 2 amide bonds. The van der Waals surface area contributed by atoms with E-state index in [1.807, 2.05) is 32.0 Å². The summed E-state index contributed by atoms with van der Waals surface area (Å²) in [6.07, 6.45) is -0.593. The fourth-order valence-electron chi connectivity index (χ4n) is 1.77. The Kier molecular flexibility index (Phi) is 7.02. The second-order valence-electron chi connectivity index (χ2n) is 4.90. The van der Waals surface area contributed by atoms with Crippen molar-refractivity contribution in [3.63, 3.8) is 0 Å². The van der Waals surface area contributed by atoms with E-state index in [9.17, 15) is 9.59 Å². The number of carbonyl (C=O) groups is 2. The quantitative estimate of drug-likeness (QED) is 0.848. The van der Waals surface area contributed by atoms with Gasteiger partial charge in [-0.25, -0.2) is 4.79 Å². The van der Waals surface area contributed by atoms with Gasteiger partial charge in [-0.3, -0.25) is 4.79 Å². The lowest BCUT2D eigenvalue weighted by Crippen LogP contribution is -2.49. The minimum Gasteiger partial charge on any atom is -0.450 e. The summed E-state index contributed by atoms with van der Waals surface area (Å²) in [5.41, 5.74) is 0.825. The molecule has 0 aliphatic heterocycles. The summed E-state index contributed by atoms with van der Waals surface area (Å²) >= 11 is 6.03. The molecule has 21 heavy (non-hydrogen) atoms. The summed E-state index contributed by atoms with van der Waals surface area (Å²) in [6, 6.07) is 6.63. The van der Waals surface area contributed by atoms with Crippen molar-refractivity contribution in [1.29, 1.82) is 0 Å². The van der Waals surface area contributed by atoms with Crippen LogP contribution in [0.4, 0.5) is 4.79 Å². The van der Waals surface area contributed by atoms with Gasteiger partial charge in [-0.15, -0.1) is 0 Å². The van der Waals surface area contributed by atoms with Gasteiger partial charge in [0.2, 0.25) is 5.91 Å². The molecule has 0 aromatic heterocycles. The van der Waals surface area contributed by atoms with E-state index < -0.39 is 12.1 Å². The van der Waals surface area contributed by atoms with Gasteiger partial charge in [0.15, 0.2) is 0 Å². The Morgan fingerprint density at radius 3 is 2.52 bits per heavy atom. The van der Waals surface area contributed by atoms with Crippen LogP contribution in [0.2, 0.25) is 5.02 Å². The fraction of sp³-hybridized carbons (Fsp3) is 0.467. The molecule has 5 nitrogen and oxygen atoms in total. The number of ether oxygens (including phenoxy) is 1. The largest absolute Gasteiger partial charge is 0.450 e. The number of amides is 2. The highest BCUT2D eigenvalue weighted by Gasteiger charge is 2.24. The number of alkyl carbamates (subject to hydrolysis) is 1. The molecule has 0 saturated carbocycles. The Labute approximate surface area is 130 Å². The zero-order valence-corrected chi connectivity index (χ0v) is 13.2. The third-order valence-electron chi connectivity index (χ3n) is 2.91. The molecule has 0 saturated heterocycles. The lowest BCUT2D eigenvalue weighted by atomic mass is 10.0. The molecule has 1 atom stereocenters. The van der Waals surface area contributed by atoms with Gasteiger partial charge >= 0.3 is 6.09 Å². The second-order valence-corrected chi connectivity index (χ2v) is 5.30. The van der Waals surface area contributed by atoms with Gasteiger partial charge in [0.25, 0.3) is 0 Å². The highest BCUT2D eigenvalue weighted by atomic mass is 35.5. The molecule has 116 valence electrons. The lowest BCUT2D eigenvalue weighted by Gasteiger charge is -2.21. The van der Waals surface area contributed by atoms with E-state index in [1.54, 1.807) is 13.0 Å². The van der Waals surface area contributed by atoms with Crippen LogP contribution in [0, 0.1) is 5.92 Å². The first-order valence-electron chi connectivity index (χ1n) is 6.90. The van der Waals surface area contributed by atoms with Gasteiger partial charge in [0.1, 0.15) is 6.04 Å². The van der Waals surface area contributed by atoms with Crippen LogP contribution in [0.5, 0.6) is 0 Å². The van der Waals surface area contributed by atoms with Crippen LogP contribution in [0.15, 0.2) is 24.3 Å². The molecule has 0 radical (unpaired) electrons. The fourth-order valence-corrected chi connectivity index (χ4v) is 1.97. The Hall–Kier alpha value is -1.75. The molecule has 0 aliphatic carbocycles. The number of hydrogen-bond donors (Lipinski definition) is 2. The maximum atomic E-state index is 12.2. The molecule has 1 rings (SSSR count). The molecule has 0 bridgehead atoms. The average Bonchev–Trinajstić information content (AvgIpc) is 2.43. The molecule has 0 heterocycles. The Bertz CT molecular complexity index is 492. The van der Waals surface area contributed by atoms with E-state index in [-0.39, 0.29) is 18.4 Å². The zero-order valence-electron chi connectivity index (χ0n) is 12.5. The van der Waals surface area contributed by atoms with Crippen molar-refractivity contribution < 1.29 is 14.3 Å². The molecule has 1 aromatic rings. The van der Waals surface area contributed by atoms with Gasteiger partial charge < -0.3 is 15.4 Å². The smallest absolute Gasteiger partial charge is 0.407 e. The van der Waals surface area contributed by atoms with Crippen molar-refractivity contribution in [1.82, 2.24) is 10.6 Å². The monoisotopic (exact) mass is 312 g/mol. The number of carbonyl (C=O) groups excluding carboxylic acids is 2. The summed E-state index contributed by atoms with van der Waals surface area (Å²) in [5, 5.41) is 5.93. The van der Waals surface area contributed by atoms with Crippen LogP contribution in [-0.2, 0) is 16.1 Å². The standard InChI is InChI=1S/C15H21ClN2O3/c1-4-21-15(20)18-13(10(2)3)14(19)17-9-11-7-5-6-8-12(11)16/h5-8,10,13H,4,9H2,1-3H3,(H,17,19)(H,18,20). The Morgan fingerprint density at radius 1 is 1.29 bits per heavy atom. The van der Waals surface area contributed by atoms with Gasteiger partial charge in [-0.2, -0.15) is 0 Å². The Balaban J connectivity index is 2.61. The highest BCUT2D eigenvalue weighted by Crippen LogP contribution is 2.14. The molecule has 6 heteroatoms. The molecule has 1 aromatic carbocycles. The molecule has 0 aliphatic rings. The van der Waals surface area contributed by atoms with Crippen molar-refractivity contribution in [3.8, 4) is 0 Å². The van der Waals surface area contributed by atoms with Crippen molar-refractivity contribution >= 4 is 23.6 Å². The molecular weight excluding hydrogens is 292 g/mol. The van der Waals surface area contributed by atoms with Gasteiger partial charge in [0, 0.05) is 11.6 Å². The molecule has 0 fully saturated rings. The first-order valence-corrected chi connectivity index (χ1v) is 7.27. The van der Waals surface area contributed by atoms with Crippen LogP contribution in [0.25, 0.3) is 0 Å². The molecule has 2 N–H and O–H groups in total. The van der Waals surface area contributed by atoms with Crippen molar-refractivity contribution in [2.75, 3.05) is 6.61 Å². The molecular formula is C15H21ClN2O3. The predicted octanol–water partition coefficient (Wildman–Crippen LogP) is 2.73. The minimum absolute atomic E-state index is 0.0550. The number of nitrogens with one attached hydrogen (secondary N) is 2. The maximum Gasteiger partial charge on any atom is 0.407 e. The van der Waals surface area contributed by atoms with E-state index in [0.29, 0.717) is 11.6 Å². The van der Waals surface area contributed by atoms with Crippen LogP contribution in [0.3, 0.4) is 0 Å². The van der Waals surface area contributed by atoms with Crippen molar-refractivity contribution in [2.24, 2.45) is 5.92 Å². The van der Waals surface area contributed by atoms with Crippen LogP contribution in [-0.4, -0.2) is 24.6 Å². The summed E-state index contributed by atoms with van der Waals surface area (Å²) < 4.78 is 4.80. The van der Waals surface area contributed by atoms with E-state index in [0.717, 1.165) is 5.56 Å². The Morgan fingerprint density at radius 2 is 1.95 bits per heavy atom. The second kappa shape index (κ2) is 8.52. The van der Waals surface area contributed by atoms with Gasteiger partial charge in [0.05, 0.1) is 6.61 Å². The first kappa shape index (κ1) is 17.3. The van der Waals surface area contributed by atoms with E-state index >= 15 is 0 Å². The summed E-state index contributed by atoms with van der Waals surface area (Å²) in [4.78, 5) is 23.6. The van der Waals surface area contributed by atoms with Crippen molar-refractivity contribution in [3.05, 3.63) is 34.9 Å². The summed E-state index contributed by atoms with van der Waals surface area (Å²) in [7, 11) is 0. The maximum absolute atomic E-state index is 12.2. The number of rotatable bonds is 6. The highest BCUT2D eigenvalue weighted by molar-refractivity contribution is 6.31. The van der Waals surface area contributed by atoms with E-state index in [2.05, 4.69) is 10.6 Å². The third-order valence-corrected chi connectivity index (χ3v) is 3.28. The number of hydrogen-bond acceptors (Lipinski definition) is 3. The van der Waals surface area contributed by atoms with Gasteiger partial charge in [-0.05, 0) is 24.5 Å². The van der Waals surface area contributed by atoms with Crippen LogP contribution >= 0.6 is 11.6 Å². The topological polar surface area (TPSA) is 67.4 Å². The molecule has 1 unspecified atom stereocenters. The van der Waals surface area contributed by atoms with Crippen LogP contribution in [0.1, 0.15) is 26.3 Å². The average molecular weight is 313 g/mol. The number of halogens is 1. The summed E-state index contributed by atoms with van der Waals surface area (Å²) in [6.45, 7) is 5.99. The summed E-state index contributed by atoms with van der Waals surface area (Å²) in [5.74, 6) is -0.321. The van der Waals surface area contributed by atoms with Crippen LogP contribution < -0.4 is 10.6 Å². The predicted molar refractivity (Wildman–Crippen MR) is 82.1 cm³/mol. The SMILES string of the molecule is CCOC(=O)NC(C(=O)NCc1ccccc1Cl)C(C)C. The third kappa shape index (κ3) is 5.63. The van der Waals surface area contributed by atoms with Crippen molar-refractivity contribution in [2.45, 2.75) is 33.4 Å². The first-order chi connectivity index (χ1) is 9.95. The normalized spacial score (nSPS) is 11.9. The lowest BCUT2D eigenvalue weighted by molar-refractivity contribution is -0.124.